The lowest BCUT2D eigenvalue weighted by molar-refractivity contribution is -0.110. The van der Waals surface area contributed by atoms with Gasteiger partial charge in [0.25, 0.3) is 0 Å². The van der Waals surface area contributed by atoms with E-state index >= 15 is 0 Å². The molecule has 92 valence electrons. The molecular weight excluding hydrogens is 268 g/mol. The molecule has 0 aromatic carbocycles. The highest BCUT2D eigenvalue weighted by atomic mass is 32.2. The predicted molar refractivity (Wildman–Crippen MR) is 82.7 cm³/mol. The summed E-state index contributed by atoms with van der Waals surface area (Å²) in [6, 6.07) is 3.98. The van der Waals surface area contributed by atoms with Crippen LogP contribution < -0.4 is 0 Å². The maximum absolute atomic E-state index is 11.7. The van der Waals surface area contributed by atoms with Gasteiger partial charge in [-0.3, -0.25) is 4.79 Å². The van der Waals surface area contributed by atoms with E-state index in [4.69, 9.17) is 0 Å². The van der Waals surface area contributed by atoms with Gasteiger partial charge in [-0.05, 0) is 35.1 Å². The summed E-state index contributed by atoms with van der Waals surface area (Å²) in [5, 5.41) is 2.01. The molecule has 1 rings (SSSR count). The molecule has 0 saturated heterocycles. The minimum Gasteiger partial charge on any atom is -0.290 e. The molecule has 0 spiro atoms. The SMILES string of the molecule is CCSC(=CC(=O)/C=C/c1cccs1)SCC. The smallest absolute Gasteiger partial charge is 0.180 e. The molecular formula is C13H16OS3. The summed E-state index contributed by atoms with van der Waals surface area (Å²) in [6.45, 7) is 4.20. The molecule has 0 amide bonds. The summed E-state index contributed by atoms with van der Waals surface area (Å²) in [7, 11) is 0. The third-order valence-corrected chi connectivity index (χ3v) is 4.72. The molecule has 1 aromatic rings. The average Bonchev–Trinajstić information content (AvgIpc) is 2.80. The molecule has 0 N–H and O–H groups in total. The minimum absolute atomic E-state index is 0.0651. The fourth-order valence-corrected chi connectivity index (χ4v) is 3.75. The highest BCUT2D eigenvalue weighted by Gasteiger charge is 1.99. The van der Waals surface area contributed by atoms with Crippen molar-refractivity contribution in [1.82, 2.24) is 0 Å². The molecule has 0 atom stereocenters. The number of ketones is 1. The van der Waals surface area contributed by atoms with Crippen molar-refractivity contribution >= 4 is 46.7 Å². The van der Waals surface area contributed by atoms with Crippen molar-refractivity contribution in [3.05, 3.63) is 38.8 Å². The van der Waals surface area contributed by atoms with Gasteiger partial charge in [0.1, 0.15) is 0 Å². The lowest BCUT2D eigenvalue weighted by Gasteiger charge is -2.01. The van der Waals surface area contributed by atoms with Crippen LogP contribution in [0.2, 0.25) is 0 Å². The molecule has 17 heavy (non-hydrogen) atoms. The van der Waals surface area contributed by atoms with E-state index in [9.17, 15) is 4.79 Å². The number of allylic oxidation sites excluding steroid dienone is 2. The van der Waals surface area contributed by atoms with Crippen molar-refractivity contribution in [2.24, 2.45) is 0 Å². The zero-order valence-electron chi connectivity index (χ0n) is 10.0. The quantitative estimate of drug-likeness (QED) is 0.677. The van der Waals surface area contributed by atoms with Crippen LogP contribution >= 0.6 is 34.9 Å². The molecule has 0 aliphatic carbocycles. The second-order valence-corrected chi connectivity index (χ2v) is 6.93. The summed E-state index contributed by atoms with van der Waals surface area (Å²) >= 11 is 5.08. The topological polar surface area (TPSA) is 17.1 Å². The molecule has 0 aliphatic heterocycles. The van der Waals surface area contributed by atoms with Gasteiger partial charge in [0.15, 0.2) is 5.78 Å². The first-order valence-electron chi connectivity index (χ1n) is 5.49. The number of thiophene rings is 1. The summed E-state index contributed by atoms with van der Waals surface area (Å²) in [6.07, 6.45) is 5.24. The summed E-state index contributed by atoms with van der Waals surface area (Å²) in [5.41, 5.74) is 0. The van der Waals surface area contributed by atoms with Crippen LogP contribution in [0.1, 0.15) is 18.7 Å². The van der Waals surface area contributed by atoms with E-state index in [-0.39, 0.29) is 5.78 Å². The lowest BCUT2D eigenvalue weighted by Crippen LogP contribution is -1.87. The highest BCUT2D eigenvalue weighted by Crippen LogP contribution is 2.27. The van der Waals surface area contributed by atoms with Gasteiger partial charge >= 0.3 is 0 Å². The first kappa shape index (κ1) is 14.6. The van der Waals surface area contributed by atoms with Gasteiger partial charge < -0.3 is 0 Å². The first-order valence-corrected chi connectivity index (χ1v) is 8.34. The summed E-state index contributed by atoms with van der Waals surface area (Å²) < 4.78 is 1.11. The van der Waals surface area contributed by atoms with Crippen molar-refractivity contribution < 1.29 is 4.79 Å². The molecule has 0 aliphatic rings. The number of hydrogen-bond donors (Lipinski definition) is 0. The molecule has 1 aromatic heterocycles. The van der Waals surface area contributed by atoms with Crippen LogP contribution in [-0.2, 0) is 4.79 Å². The molecule has 1 nitrogen and oxygen atoms in total. The maximum Gasteiger partial charge on any atom is 0.180 e. The zero-order chi connectivity index (χ0) is 12.5. The molecule has 0 fully saturated rings. The van der Waals surface area contributed by atoms with Gasteiger partial charge in [-0.1, -0.05) is 19.9 Å². The highest BCUT2D eigenvalue weighted by molar-refractivity contribution is 8.22. The fourth-order valence-electron chi connectivity index (χ4n) is 1.12. The van der Waals surface area contributed by atoms with E-state index in [0.29, 0.717) is 0 Å². The Morgan fingerprint density at radius 1 is 1.35 bits per heavy atom. The van der Waals surface area contributed by atoms with Gasteiger partial charge in [0, 0.05) is 15.2 Å². The van der Waals surface area contributed by atoms with Crippen LogP contribution in [0.25, 0.3) is 6.08 Å². The standard InChI is InChI=1S/C13H16OS3/c1-3-15-13(16-4-2)10-11(14)7-8-12-6-5-9-17-12/h5-10H,3-4H2,1-2H3/b8-7+. The Morgan fingerprint density at radius 3 is 2.59 bits per heavy atom. The molecule has 0 unspecified atom stereocenters. The van der Waals surface area contributed by atoms with E-state index in [0.717, 1.165) is 20.6 Å². The van der Waals surface area contributed by atoms with Gasteiger partial charge in [-0.2, -0.15) is 0 Å². The lowest BCUT2D eigenvalue weighted by atomic mass is 10.3. The van der Waals surface area contributed by atoms with Crippen LogP contribution in [0.4, 0.5) is 0 Å². The summed E-state index contributed by atoms with van der Waals surface area (Å²) in [5.74, 6) is 2.07. The fraction of sp³-hybridized carbons (Fsp3) is 0.308. The molecule has 0 bridgehead atoms. The molecule has 0 radical (unpaired) electrons. The van der Waals surface area contributed by atoms with Crippen molar-refractivity contribution in [3.8, 4) is 0 Å². The number of carbonyl (C=O) groups is 1. The summed E-state index contributed by atoms with van der Waals surface area (Å²) in [4.78, 5) is 12.8. The first-order chi connectivity index (χ1) is 8.26. The number of rotatable bonds is 7. The second-order valence-electron chi connectivity index (χ2n) is 3.08. The van der Waals surface area contributed by atoms with E-state index in [2.05, 4.69) is 13.8 Å². The van der Waals surface area contributed by atoms with Gasteiger partial charge in [0.05, 0.1) is 0 Å². The van der Waals surface area contributed by atoms with Crippen molar-refractivity contribution in [2.45, 2.75) is 13.8 Å². The normalized spacial score (nSPS) is 10.7. The van der Waals surface area contributed by atoms with Gasteiger partial charge in [0.2, 0.25) is 0 Å². The van der Waals surface area contributed by atoms with E-state index < -0.39 is 0 Å². The second kappa shape index (κ2) is 8.61. The monoisotopic (exact) mass is 284 g/mol. The van der Waals surface area contributed by atoms with Crippen LogP contribution in [0.3, 0.4) is 0 Å². The molecule has 1 heterocycles. The maximum atomic E-state index is 11.7. The Balaban J connectivity index is 2.59. The third-order valence-electron chi connectivity index (χ3n) is 1.79. The van der Waals surface area contributed by atoms with Crippen molar-refractivity contribution in [1.29, 1.82) is 0 Å². The van der Waals surface area contributed by atoms with Gasteiger partial charge in [-0.25, -0.2) is 0 Å². The Labute approximate surface area is 115 Å². The van der Waals surface area contributed by atoms with Crippen LogP contribution in [-0.4, -0.2) is 17.3 Å². The molecule has 4 heteroatoms. The Morgan fingerprint density at radius 2 is 2.06 bits per heavy atom. The number of carbonyl (C=O) groups excluding carboxylic acids is 1. The Hall–Kier alpha value is -0.450. The van der Waals surface area contributed by atoms with Crippen LogP contribution in [0, 0.1) is 0 Å². The van der Waals surface area contributed by atoms with E-state index in [1.54, 1.807) is 47.0 Å². The van der Waals surface area contributed by atoms with Crippen LogP contribution in [0.15, 0.2) is 33.9 Å². The van der Waals surface area contributed by atoms with Crippen molar-refractivity contribution in [2.75, 3.05) is 11.5 Å². The van der Waals surface area contributed by atoms with E-state index in [1.807, 2.05) is 23.6 Å². The minimum atomic E-state index is 0.0651. The predicted octanol–water partition coefficient (Wildman–Crippen LogP) is 4.68. The molecule has 0 saturated carbocycles. The number of thioether (sulfide) groups is 2. The Bertz CT molecular complexity index is 383. The largest absolute Gasteiger partial charge is 0.290 e. The Kier molecular flexibility index (Phi) is 7.40. The number of hydrogen-bond acceptors (Lipinski definition) is 4. The third kappa shape index (κ3) is 6.15. The van der Waals surface area contributed by atoms with E-state index in [1.165, 1.54) is 0 Å². The zero-order valence-corrected chi connectivity index (χ0v) is 12.5. The van der Waals surface area contributed by atoms with Gasteiger partial charge in [-0.15, -0.1) is 34.9 Å². The van der Waals surface area contributed by atoms with Crippen LogP contribution in [0.5, 0.6) is 0 Å². The van der Waals surface area contributed by atoms with Crippen molar-refractivity contribution in [3.63, 3.8) is 0 Å². The average molecular weight is 284 g/mol.